The zero-order chi connectivity index (χ0) is 13.8. The number of Topliss-reactive ketones (excluding diaryl/α,β-unsaturated/α-hetero) is 1. The van der Waals surface area contributed by atoms with Crippen LogP contribution in [0.2, 0.25) is 5.02 Å². The maximum atomic E-state index is 12.3. The van der Waals surface area contributed by atoms with E-state index >= 15 is 0 Å². The van der Waals surface area contributed by atoms with Crippen molar-refractivity contribution in [1.82, 2.24) is 0 Å². The molecule has 0 aliphatic carbocycles. The van der Waals surface area contributed by atoms with E-state index in [1.165, 1.54) is 0 Å². The number of rotatable bonds is 4. The molecule has 0 saturated heterocycles. The van der Waals surface area contributed by atoms with Crippen LogP contribution in [0.3, 0.4) is 0 Å². The van der Waals surface area contributed by atoms with Crippen LogP contribution < -0.4 is 0 Å². The minimum absolute atomic E-state index is 0.121. The summed E-state index contributed by atoms with van der Waals surface area (Å²) in [5.74, 6) is -0.121. The summed E-state index contributed by atoms with van der Waals surface area (Å²) < 4.78 is 0. The van der Waals surface area contributed by atoms with E-state index in [1.807, 2.05) is 30.3 Å². The van der Waals surface area contributed by atoms with Gasteiger partial charge in [-0.2, -0.15) is 0 Å². The van der Waals surface area contributed by atoms with Gasteiger partial charge in [0.2, 0.25) is 0 Å². The molecule has 1 nitrogen and oxygen atoms in total. The third kappa shape index (κ3) is 3.59. The summed E-state index contributed by atoms with van der Waals surface area (Å²) in [6.45, 7) is 0. The van der Waals surface area contributed by atoms with E-state index in [-0.39, 0.29) is 10.6 Å². The predicted molar refractivity (Wildman–Crippen MR) is 83.5 cm³/mol. The molecular weight excluding hydrogens is 347 g/mol. The average molecular weight is 358 g/mol. The molecule has 0 bridgehead atoms. The number of ketones is 1. The van der Waals surface area contributed by atoms with Gasteiger partial charge in [-0.25, -0.2) is 0 Å². The van der Waals surface area contributed by atoms with Gasteiger partial charge in [0.15, 0.2) is 5.78 Å². The number of hydrogen-bond acceptors (Lipinski definition) is 1. The first-order chi connectivity index (χ1) is 9.09. The molecule has 0 aromatic heterocycles. The van der Waals surface area contributed by atoms with Crippen LogP contribution in [-0.4, -0.2) is 11.2 Å². The monoisotopic (exact) mass is 356 g/mol. The minimum atomic E-state index is -0.663. The van der Waals surface area contributed by atoms with Crippen LogP contribution in [0.4, 0.5) is 0 Å². The zero-order valence-electron chi connectivity index (χ0n) is 9.89. The van der Waals surface area contributed by atoms with Crippen molar-refractivity contribution in [2.75, 3.05) is 0 Å². The first-order valence-corrected chi connectivity index (χ1v) is 7.45. The van der Waals surface area contributed by atoms with E-state index in [1.54, 1.807) is 24.3 Å². The molecule has 19 heavy (non-hydrogen) atoms. The Kier molecular flexibility index (Phi) is 5.03. The number of benzene rings is 2. The highest BCUT2D eigenvalue weighted by atomic mass is 79.9. The van der Waals surface area contributed by atoms with Crippen LogP contribution in [0.15, 0.2) is 54.6 Å². The Morgan fingerprint density at radius 2 is 1.58 bits per heavy atom. The number of carbonyl (C=O) groups excluding carboxylic acids is 1. The van der Waals surface area contributed by atoms with Crippen molar-refractivity contribution in [3.63, 3.8) is 0 Å². The molecule has 0 unspecified atom stereocenters. The summed E-state index contributed by atoms with van der Waals surface area (Å²) in [5.41, 5.74) is 1.54. The van der Waals surface area contributed by atoms with Gasteiger partial charge in [-0.3, -0.25) is 4.79 Å². The fraction of sp³-hybridized carbons (Fsp3) is 0.133. The second-order valence-electron chi connectivity index (χ2n) is 4.09. The second-order valence-corrected chi connectivity index (χ2v) is 5.98. The smallest absolute Gasteiger partial charge is 0.182 e. The molecule has 2 rings (SSSR count). The predicted octanol–water partition coefficient (Wildman–Crippen LogP) is 5.27. The molecule has 0 saturated carbocycles. The van der Waals surface area contributed by atoms with Crippen molar-refractivity contribution in [2.45, 2.75) is 10.2 Å². The number of carbonyl (C=O) groups is 1. The van der Waals surface area contributed by atoms with Crippen LogP contribution in [0, 0.1) is 0 Å². The fourth-order valence-electron chi connectivity index (χ4n) is 1.71. The Balaban J connectivity index is 2.17. The molecule has 0 spiro atoms. The van der Waals surface area contributed by atoms with E-state index < -0.39 is 5.38 Å². The standard InChI is InChI=1S/C15H11BrCl2O/c16-13(10-4-2-1-3-5-10)14(18)15(19)11-6-8-12(17)9-7-11/h1-9,13-14H/t13-,14+/m0/s1. The molecule has 0 aliphatic heterocycles. The SMILES string of the molecule is O=C(c1ccc(Cl)cc1)[C@H](Cl)[C@@H](Br)c1ccccc1. The van der Waals surface area contributed by atoms with Gasteiger partial charge in [0.05, 0.1) is 4.83 Å². The Morgan fingerprint density at radius 1 is 1.00 bits per heavy atom. The molecule has 2 atom stereocenters. The molecule has 0 N–H and O–H groups in total. The van der Waals surface area contributed by atoms with Gasteiger partial charge in [-0.1, -0.05) is 57.9 Å². The van der Waals surface area contributed by atoms with Crippen LogP contribution in [0.1, 0.15) is 20.7 Å². The lowest BCUT2D eigenvalue weighted by atomic mass is 10.0. The Morgan fingerprint density at radius 3 is 2.16 bits per heavy atom. The highest BCUT2D eigenvalue weighted by Crippen LogP contribution is 2.32. The van der Waals surface area contributed by atoms with Gasteiger partial charge in [0, 0.05) is 10.6 Å². The molecule has 0 fully saturated rings. The summed E-state index contributed by atoms with van der Waals surface area (Å²) in [6.07, 6.45) is 0. The van der Waals surface area contributed by atoms with Crippen molar-refractivity contribution in [3.8, 4) is 0 Å². The van der Waals surface area contributed by atoms with E-state index in [0.717, 1.165) is 5.56 Å². The van der Waals surface area contributed by atoms with Crippen molar-refractivity contribution < 1.29 is 4.79 Å². The summed E-state index contributed by atoms with van der Waals surface area (Å²) >= 11 is 15.5. The van der Waals surface area contributed by atoms with Gasteiger partial charge in [-0.05, 0) is 29.8 Å². The highest BCUT2D eigenvalue weighted by molar-refractivity contribution is 9.09. The molecule has 0 radical (unpaired) electrons. The summed E-state index contributed by atoms with van der Waals surface area (Å²) in [4.78, 5) is 12.0. The lowest BCUT2D eigenvalue weighted by Crippen LogP contribution is -2.19. The second kappa shape index (κ2) is 6.56. The third-order valence-corrected chi connectivity index (χ3v) is 4.82. The van der Waals surface area contributed by atoms with Crippen LogP contribution >= 0.6 is 39.1 Å². The maximum Gasteiger partial charge on any atom is 0.182 e. The van der Waals surface area contributed by atoms with Crippen molar-refractivity contribution in [1.29, 1.82) is 0 Å². The lowest BCUT2D eigenvalue weighted by Gasteiger charge is -2.15. The number of hydrogen-bond donors (Lipinski definition) is 0. The molecule has 2 aromatic rings. The minimum Gasteiger partial charge on any atom is -0.292 e. The summed E-state index contributed by atoms with van der Waals surface area (Å²) in [6, 6.07) is 16.4. The summed E-state index contributed by atoms with van der Waals surface area (Å²) in [5, 5.41) is -0.0651. The van der Waals surface area contributed by atoms with Gasteiger partial charge < -0.3 is 0 Å². The van der Waals surface area contributed by atoms with E-state index in [0.29, 0.717) is 10.6 Å². The van der Waals surface area contributed by atoms with Crippen LogP contribution in [0.5, 0.6) is 0 Å². The molecule has 4 heteroatoms. The molecule has 0 aliphatic rings. The van der Waals surface area contributed by atoms with Crippen LogP contribution in [-0.2, 0) is 0 Å². The molecule has 98 valence electrons. The van der Waals surface area contributed by atoms with Crippen molar-refractivity contribution in [2.24, 2.45) is 0 Å². The van der Waals surface area contributed by atoms with Gasteiger partial charge >= 0.3 is 0 Å². The van der Waals surface area contributed by atoms with Gasteiger partial charge in [0.1, 0.15) is 5.38 Å². The fourth-order valence-corrected chi connectivity index (χ4v) is 2.65. The molecule has 0 heterocycles. The Hall–Kier alpha value is -0.830. The first-order valence-electron chi connectivity index (χ1n) is 5.72. The first kappa shape index (κ1) is 14.6. The maximum absolute atomic E-state index is 12.3. The van der Waals surface area contributed by atoms with E-state index in [9.17, 15) is 4.79 Å². The van der Waals surface area contributed by atoms with Gasteiger partial charge in [0.25, 0.3) is 0 Å². The largest absolute Gasteiger partial charge is 0.292 e. The van der Waals surface area contributed by atoms with Gasteiger partial charge in [-0.15, -0.1) is 11.6 Å². The normalized spacial score (nSPS) is 13.8. The van der Waals surface area contributed by atoms with E-state index in [2.05, 4.69) is 15.9 Å². The number of halogens is 3. The Bertz CT molecular complexity index is 554. The average Bonchev–Trinajstić information content (AvgIpc) is 2.46. The van der Waals surface area contributed by atoms with Crippen molar-refractivity contribution in [3.05, 3.63) is 70.7 Å². The summed E-state index contributed by atoms with van der Waals surface area (Å²) in [7, 11) is 0. The van der Waals surface area contributed by atoms with Crippen LogP contribution in [0.25, 0.3) is 0 Å². The molecule has 2 aromatic carbocycles. The topological polar surface area (TPSA) is 17.1 Å². The molecule has 0 amide bonds. The Labute approximate surface area is 130 Å². The highest BCUT2D eigenvalue weighted by Gasteiger charge is 2.26. The third-order valence-electron chi connectivity index (χ3n) is 2.75. The lowest BCUT2D eigenvalue weighted by molar-refractivity contribution is 0.0986. The quantitative estimate of drug-likeness (QED) is 0.538. The molecular formula is C15H11BrCl2O. The van der Waals surface area contributed by atoms with E-state index in [4.69, 9.17) is 23.2 Å². The van der Waals surface area contributed by atoms with Crippen molar-refractivity contribution >= 4 is 44.9 Å². The number of alkyl halides is 2. The zero-order valence-corrected chi connectivity index (χ0v) is 13.0.